The summed E-state index contributed by atoms with van der Waals surface area (Å²) < 4.78 is 10.6. The highest BCUT2D eigenvalue weighted by Crippen LogP contribution is 2.26. The molecule has 2 aromatic carbocycles. The maximum atomic E-state index is 5.28. The number of hydrogen-bond acceptors (Lipinski definition) is 5. The van der Waals surface area contributed by atoms with Gasteiger partial charge in [-0.05, 0) is 41.8 Å². The maximum absolute atomic E-state index is 5.28. The Labute approximate surface area is 172 Å². The van der Waals surface area contributed by atoms with E-state index >= 15 is 0 Å². The van der Waals surface area contributed by atoms with Crippen molar-refractivity contribution in [3.05, 3.63) is 59.7 Å². The number of benzene rings is 2. The number of halogens is 1. The van der Waals surface area contributed by atoms with E-state index in [9.17, 15) is 0 Å². The average molecular weight is 467 g/mol. The van der Waals surface area contributed by atoms with Crippen LogP contribution in [0.2, 0.25) is 0 Å². The van der Waals surface area contributed by atoms with Gasteiger partial charge in [0.1, 0.15) is 11.5 Å². The predicted octanol–water partition coefficient (Wildman–Crippen LogP) is 3.69. The van der Waals surface area contributed by atoms with Gasteiger partial charge in [-0.15, -0.1) is 24.0 Å². The quantitative estimate of drug-likeness (QED) is 0.682. The monoisotopic (exact) mass is 467 g/mol. The molecule has 3 rings (SSSR count). The van der Waals surface area contributed by atoms with Crippen LogP contribution in [0, 0.1) is 0 Å². The van der Waals surface area contributed by atoms with Crippen molar-refractivity contribution in [1.29, 1.82) is 0 Å². The molecule has 1 N–H and O–H groups in total. The summed E-state index contributed by atoms with van der Waals surface area (Å²) in [5.41, 5.74) is 2.32. The highest BCUT2D eigenvalue weighted by molar-refractivity contribution is 14.0. The van der Waals surface area contributed by atoms with Gasteiger partial charge < -0.3 is 19.7 Å². The highest BCUT2D eigenvalue weighted by Gasteiger charge is 2.19. The Bertz CT molecular complexity index is 669. The Balaban J connectivity index is 0.00000243. The lowest BCUT2D eigenvalue weighted by molar-refractivity contribution is 0.414. The third kappa shape index (κ3) is 4.81. The van der Waals surface area contributed by atoms with Gasteiger partial charge in [0, 0.05) is 20.1 Å². The molecule has 5 nitrogen and oxygen atoms in total. The first-order chi connectivity index (χ1) is 12.2. The second-order valence-corrected chi connectivity index (χ2v) is 6.10. The minimum Gasteiger partial charge on any atom is -0.497 e. The first kappa shape index (κ1) is 20.4. The molecule has 1 heterocycles. The molecule has 6 heteroatoms. The largest absolute Gasteiger partial charge is 0.497 e. The molecule has 0 spiro atoms. The molecule has 0 fully saturated rings. The molecule has 0 unspecified atom stereocenters. The lowest BCUT2D eigenvalue weighted by Crippen LogP contribution is -2.44. The van der Waals surface area contributed by atoms with Crippen LogP contribution in [0.25, 0.3) is 0 Å². The van der Waals surface area contributed by atoms with Crippen LogP contribution < -0.4 is 14.8 Å². The lowest BCUT2D eigenvalue weighted by atomic mass is 9.98. The molecule has 140 valence electrons. The first-order valence-electron chi connectivity index (χ1n) is 8.51. The van der Waals surface area contributed by atoms with Crippen molar-refractivity contribution < 1.29 is 9.47 Å². The smallest absolute Gasteiger partial charge is 0.194 e. The molecule has 0 radical (unpaired) electrons. The van der Waals surface area contributed by atoms with E-state index in [0.29, 0.717) is 0 Å². The average Bonchev–Trinajstić information content (AvgIpc) is 2.68. The van der Waals surface area contributed by atoms with Gasteiger partial charge in [0.25, 0.3) is 0 Å². The maximum Gasteiger partial charge on any atom is 0.194 e. The van der Waals surface area contributed by atoms with Crippen molar-refractivity contribution in [2.24, 2.45) is 4.99 Å². The van der Waals surface area contributed by atoms with Gasteiger partial charge in [0.15, 0.2) is 5.96 Å². The minimum atomic E-state index is 0. The molecule has 0 aliphatic carbocycles. The topological polar surface area (TPSA) is 46.1 Å². The van der Waals surface area contributed by atoms with E-state index in [0.717, 1.165) is 48.1 Å². The molecular formula is C20H26IN3O2. The molecule has 0 saturated carbocycles. The summed E-state index contributed by atoms with van der Waals surface area (Å²) in [6.45, 7) is 1.88. The van der Waals surface area contributed by atoms with Crippen molar-refractivity contribution in [2.75, 3.05) is 34.4 Å². The van der Waals surface area contributed by atoms with Crippen molar-refractivity contribution in [3.8, 4) is 11.5 Å². The Hall–Kier alpha value is -1.96. The SMILES string of the molecule is COc1ccc(C(NC2=NCCCN2C)c2ccc(OC)cc2)cc1.I. The standard InChI is InChI=1S/C20H25N3O2.HI/c1-23-14-4-13-21-20(23)22-19(15-5-9-17(24-2)10-6-15)16-7-11-18(25-3)12-8-16;/h5-12,19H,4,13-14H2,1-3H3,(H,21,22);1H. The molecule has 1 aliphatic heterocycles. The third-order valence-corrected chi connectivity index (χ3v) is 4.45. The Kier molecular flexibility index (Phi) is 7.56. The summed E-state index contributed by atoms with van der Waals surface area (Å²) in [7, 11) is 5.43. The van der Waals surface area contributed by atoms with Crippen LogP contribution in [0.4, 0.5) is 0 Å². The zero-order valence-corrected chi connectivity index (χ0v) is 17.8. The van der Waals surface area contributed by atoms with Gasteiger partial charge in [-0.3, -0.25) is 4.99 Å². The van der Waals surface area contributed by atoms with Gasteiger partial charge in [0.05, 0.1) is 20.3 Å². The zero-order chi connectivity index (χ0) is 17.6. The molecule has 26 heavy (non-hydrogen) atoms. The van der Waals surface area contributed by atoms with Crippen LogP contribution in [0.1, 0.15) is 23.6 Å². The van der Waals surface area contributed by atoms with Crippen LogP contribution in [0.5, 0.6) is 11.5 Å². The zero-order valence-electron chi connectivity index (χ0n) is 15.4. The number of guanidine groups is 1. The molecule has 2 aromatic rings. The molecular weight excluding hydrogens is 441 g/mol. The highest BCUT2D eigenvalue weighted by atomic mass is 127. The predicted molar refractivity (Wildman–Crippen MR) is 116 cm³/mol. The van der Waals surface area contributed by atoms with E-state index in [1.165, 1.54) is 0 Å². The second kappa shape index (κ2) is 9.66. The lowest BCUT2D eigenvalue weighted by Gasteiger charge is -2.30. The van der Waals surface area contributed by atoms with E-state index < -0.39 is 0 Å². The molecule has 0 saturated heterocycles. The van der Waals surface area contributed by atoms with Crippen LogP contribution in [0.15, 0.2) is 53.5 Å². The molecule has 0 bridgehead atoms. The Morgan fingerprint density at radius 2 is 1.42 bits per heavy atom. The fraction of sp³-hybridized carbons (Fsp3) is 0.350. The molecule has 0 amide bonds. The van der Waals surface area contributed by atoms with E-state index in [4.69, 9.17) is 9.47 Å². The molecule has 0 aromatic heterocycles. The second-order valence-electron chi connectivity index (χ2n) is 6.10. The molecule has 1 aliphatic rings. The van der Waals surface area contributed by atoms with E-state index in [1.54, 1.807) is 14.2 Å². The van der Waals surface area contributed by atoms with Gasteiger partial charge >= 0.3 is 0 Å². The number of aliphatic imine (C=N–C) groups is 1. The number of nitrogens with one attached hydrogen (secondary N) is 1. The molecule has 0 atom stereocenters. The Morgan fingerprint density at radius 1 is 0.923 bits per heavy atom. The van der Waals surface area contributed by atoms with Crippen LogP contribution >= 0.6 is 24.0 Å². The van der Waals surface area contributed by atoms with E-state index in [-0.39, 0.29) is 30.0 Å². The van der Waals surface area contributed by atoms with E-state index in [2.05, 4.69) is 46.5 Å². The summed E-state index contributed by atoms with van der Waals surface area (Å²) >= 11 is 0. The number of hydrogen-bond donors (Lipinski definition) is 1. The summed E-state index contributed by atoms with van der Waals surface area (Å²) in [5.74, 6) is 2.64. The van der Waals surface area contributed by atoms with Crippen LogP contribution in [-0.4, -0.2) is 45.2 Å². The Morgan fingerprint density at radius 3 is 1.85 bits per heavy atom. The van der Waals surface area contributed by atoms with Crippen molar-refractivity contribution in [2.45, 2.75) is 12.5 Å². The summed E-state index contributed by atoms with van der Waals surface area (Å²) in [6.07, 6.45) is 1.09. The first-order valence-corrected chi connectivity index (χ1v) is 8.51. The minimum absolute atomic E-state index is 0. The van der Waals surface area contributed by atoms with Crippen LogP contribution in [-0.2, 0) is 0 Å². The van der Waals surface area contributed by atoms with Crippen molar-refractivity contribution >= 4 is 29.9 Å². The van der Waals surface area contributed by atoms with Gasteiger partial charge in [0.2, 0.25) is 0 Å². The fourth-order valence-electron chi connectivity index (χ4n) is 2.96. The van der Waals surface area contributed by atoms with E-state index in [1.807, 2.05) is 24.3 Å². The van der Waals surface area contributed by atoms with Crippen molar-refractivity contribution in [3.63, 3.8) is 0 Å². The number of methoxy groups -OCH3 is 2. The van der Waals surface area contributed by atoms with Gasteiger partial charge in [-0.2, -0.15) is 0 Å². The normalized spacial score (nSPS) is 13.7. The van der Waals surface area contributed by atoms with Crippen molar-refractivity contribution in [1.82, 2.24) is 10.2 Å². The summed E-state index contributed by atoms with van der Waals surface area (Å²) in [6, 6.07) is 16.3. The summed E-state index contributed by atoms with van der Waals surface area (Å²) in [5, 5.41) is 3.61. The third-order valence-electron chi connectivity index (χ3n) is 4.45. The van der Waals surface area contributed by atoms with Gasteiger partial charge in [-0.25, -0.2) is 0 Å². The fourth-order valence-corrected chi connectivity index (χ4v) is 2.96. The summed E-state index contributed by atoms with van der Waals surface area (Å²) in [4.78, 5) is 6.82. The number of ether oxygens (including phenoxy) is 2. The number of rotatable bonds is 5. The van der Waals surface area contributed by atoms with Crippen LogP contribution in [0.3, 0.4) is 0 Å². The number of nitrogens with zero attached hydrogens (tertiary/aromatic N) is 2. The van der Waals surface area contributed by atoms with Gasteiger partial charge in [-0.1, -0.05) is 24.3 Å².